The Labute approximate surface area is 150 Å². The van der Waals surface area contributed by atoms with Gasteiger partial charge < -0.3 is 10.7 Å². The highest BCUT2D eigenvalue weighted by atomic mass is 32.2. The Morgan fingerprint density at radius 3 is 2.73 bits per heavy atom. The highest BCUT2D eigenvalue weighted by Crippen LogP contribution is 2.27. The second kappa shape index (κ2) is 7.38. The fraction of sp³-hybridized carbons (Fsp3) is 0.188. The molecule has 0 unspecified atom stereocenters. The van der Waals surface area contributed by atoms with Crippen molar-refractivity contribution in [3.8, 4) is 17.3 Å². The van der Waals surface area contributed by atoms with Crippen LogP contribution in [0.1, 0.15) is 27.2 Å². The van der Waals surface area contributed by atoms with Crippen molar-refractivity contribution in [2.24, 2.45) is 10.7 Å². The van der Waals surface area contributed by atoms with Crippen molar-refractivity contribution in [3.63, 3.8) is 0 Å². The maximum atomic E-state index is 12.2. The maximum absolute atomic E-state index is 12.2. The Bertz CT molecular complexity index is 1030. The lowest BCUT2D eigenvalue weighted by Crippen LogP contribution is -2.37. The Balaban J connectivity index is 2.29. The summed E-state index contributed by atoms with van der Waals surface area (Å²) in [5.41, 5.74) is 9.09. The molecule has 2 rings (SSSR count). The Morgan fingerprint density at radius 1 is 1.42 bits per heavy atom. The minimum atomic E-state index is -4.33. The van der Waals surface area contributed by atoms with Crippen molar-refractivity contribution in [3.05, 3.63) is 46.6 Å². The molecule has 0 aliphatic rings. The van der Waals surface area contributed by atoms with E-state index in [-0.39, 0.29) is 5.56 Å². The van der Waals surface area contributed by atoms with Gasteiger partial charge in [-0.05, 0) is 31.5 Å². The number of aliphatic imine (C=N–C) groups is 1. The number of nitrogens with one attached hydrogen (secondary N) is 2. The number of nitrogens with zero attached hydrogens (tertiary/aromatic N) is 2. The van der Waals surface area contributed by atoms with E-state index in [2.05, 4.69) is 21.4 Å². The van der Waals surface area contributed by atoms with E-state index in [0.29, 0.717) is 16.8 Å². The molecule has 0 saturated carbocycles. The van der Waals surface area contributed by atoms with E-state index in [9.17, 15) is 18.5 Å². The van der Waals surface area contributed by atoms with Gasteiger partial charge in [-0.1, -0.05) is 12.1 Å². The SMILES string of the molecule is Cc1[nH]c(-c2cccc(C(=O)NC(N)=NCS(=O)(=O)O)c2)c(C#N)c1C. The average molecular weight is 375 g/mol. The van der Waals surface area contributed by atoms with Crippen LogP contribution in [-0.4, -0.2) is 35.7 Å². The monoisotopic (exact) mass is 375 g/mol. The number of aromatic amines is 1. The predicted molar refractivity (Wildman–Crippen MR) is 95.9 cm³/mol. The zero-order chi connectivity index (χ0) is 19.5. The summed E-state index contributed by atoms with van der Waals surface area (Å²) in [7, 11) is -4.33. The Morgan fingerprint density at radius 2 is 2.12 bits per heavy atom. The zero-order valence-corrected chi connectivity index (χ0v) is 14.9. The molecule has 0 fully saturated rings. The molecule has 0 atom stereocenters. The molecule has 5 N–H and O–H groups in total. The van der Waals surface area contributed by atoms with Crippen LogP contribution >= 0.6 is 0 Å². The molecule has 0 aliphatic heterocycles. The third kappa shape index (κ3) is 4.47. The zero-order valence-electron chi connectivity index (χ0n) is 14.1. The number of hydrogen-bond donors (Lipinski definition) is 4. The second-order valence-corrected chi connectivity index (χ2v) is 6.95. The number of carbonyl (C=O) groups is 1. The lowest BCUT2D eigenvalue weighted by Gasteiger charge is -2.06. The number of benzene rings is 1. The quantitative estimate of drug-likeness (QED) is 0.355. The summed E-state index contributed by atoms with van der Waals surface area (Å²) in [5, 5.41) is 11.6. The molecule has 9 nitrogen and oxygen atoms in total. The van der Waals surface area contributed by atoms with Crippen LogP contribution in [0, 0.1) is 25.2 Å². The number of nitriles is 1. The van der Waals surface area contributed by atoms with Crippen LogP contribution in [0.2, 0.25) is 0 Å². The fourth-order valence-corrected chi connectivity index (χ4v) is 2.57. The number of guanidine groups is 1. The number of aromatic nitrogens is 1. The summed E-state index contributed by atoms with van der Waals surface area (Å²) in [6.07, 6.45) is 0. The van der Waals surface area contributed by atoms with E-state index in [4.69, 9.17) is 10.3 Å². The molecule has 0 aliphatic carbocycles. The lowest BCUT2D eigenvalue weighted by molar-refractivity contribution is 0.0976. The van der Waals surface area contributed by atoms with E-state index in [0.717, 1.165) is 11.3 Å². The molecule has 0 saturated heterocycles. The highest BCUT2D eigenvalue weighted by Gasteiger charge is 2.15. The smallest absolute Gasteiger partial charge is 0.285 e. The van der Waals surface area contributed by atoms with Crippen LogP contribution < -0.4 is 11.1 Å². The van der Waals surface area contributed by atoms with Crippen molar-refractivity contribution in [2.45, 2.75) is 13.8 Å². The average Bonchev–Trinajstić information content (AvgIpc) is 2.87. The third-order valence-corrected chi connectivity index (χ3v) is 4.12. The number of H-pyrrole nitrogens is 1. The van der Waals surface area contributed by atoms with E-state index < -0.39 is 27.9 Å². The molecule has 1 heterocycles. The van der Waals surface area contributed by atoms with Crippen LogP contribution in [0.25, 0.3) is 11.3 Å². The molecular weight excluding hydrogens is 358 g/mol. The van der Waals surface area contributed by atoms with Crippen LogP contribution in [0.5, 0.6) is 0 Å². The van der Waals surface area contributed by atoms with Gasteiger partial charge in [0.1, 0.15) is 6.07 Å². The minimum Gasteiger partial charge on any atom is -0.370 e. The second-order valence-electron chi connectivity index (χ2n) is 5.53. The van der Waals surface area contributed by atoms with Crippen molar-refractivity contribution >= 4 is 22.0 Å². The van der Waals surface area contributed by atoms with Crippen molar-refractivity contribution in [1.29, 1.82) is 5.26 Å². The first-order valence-electron chi connectivity index (χ1n) is 7.38. The molecule has 1 aromatic heterocycles. The number of carbonyl (C=O) groups excluding carboxylic acids is 1. The number of nitrogens with two attached hydrogens (primary N) is 1. The van der Waals surface area contributed by atoms with Gasteiger partial charge in [-0.3, -0.25) is 14.7 Å². The van der Waals surface area contributed by atoms with Gasteiger partial charge >= 0.3 is 0 Å². The minimum absolute atomic E-state index is 0.237. The van der Waals surface area contributed by atoms with Crippen LogP contribution in [0.15, 0.2) is 29.3 Å². The number of amides is 1. The first kappa shape index (κ1) is 19.2. The van der Waals surface area contributed by atoms with Crippen LogP contribution in [0.3, 0.4) is 0 Å². The normalized spacial score (nSPS) is 11.8. The maximum Gasteiger partial charge on any atom is 0.285 e. The summed E-state index contributed by atoms with van der Waals surface area (Å²) in [5.74, 6) is -2.00. The van der Waals surface area contributed by atoms with Crippen molar-refractivity contribution in [1.82, 2.24) is 10.3 Å². The standard InChI is InChI=1S/C16H17N5O4S/c1-9-10(2)20-14(13(9)7-17)11-4-3-5-12(6-11)15(22)21-16(18)19-8-26(23,24)25/h3-6,20H,8H2,1-2H3,(H,23,24,25)(H3,18,19,21,22). The number of hydrogen-bond acceptors (Lipinski definition) is 5. The fourth-order valence-electron chi connectivity index (χ4n) is 2.27. The van der Waals surface area contributed by atoms with Gasteiger partial charge in [0.05, 0.1) is 11.3 Å². The summed E-state index contributed by atoms with van der Waals surface area (Å²) in [6, 6.07) is 8.63. The molecule has 0 radical (unpaired) electrons. The van der Waals surface area contributed by atoms with Crippen molar-refractivity contribution in [2.75, 3.05) is 5.88 Å². The molecule has 26 heavy (non-hydrogen) atoms. The van der Waals surface area contributed by atoms with Gasteiger partial charge in [-0.15, -0.1) is 0 Å². The van der Waals surface area contributed by atoms with E-state index >= 15 is 0 Å². The first-order valence-corrected chi connectivity index (χ1v) is 8.99. The molecule has 10 heteroatoms. The first-order chi connectivity index (χ1) is 12.1. The van der Waals surface area contributed by atoms with Gasteiger partial charge in [-0.25, -0.2) is 4.99 Å². The van der Waals surface area contributed by atoms with E-state index in [1.807, 2.05) is 13.8 Å². The summed E-state index contributed by atoms with van der Waals surface area (Å²) < 4.78 is 29.9. The highest BCUT2D eigenvalue weighted by molar-refractivity contribution is 7.85. The number of rotatable bonds is 4. The van der Waals surface area contributed by atoms with Gasteiger partial charge in [0, 0.05) is 16.8 Å². The molecule has 2 aromatic rings. The van der Waals surface area contributed by atoms with Crippen LogP contribution in [-0.2, 0) is 10.1 Å². The summed E-state index contributed by atoms with van der Waals surface area (Å²) >= 11 is 0. The Hall–Kier alpha value is -3.16. The predicted octanol–water partition coefficient (Wildman–Crippen LogP) is 1.06. The van der Waals surface area contributed by atoms with E-state index in [1.165, 1.54) is 6.07 Å². The van der Waals surface area contributed by atoms with Gasteiger partial charge in [0.15, 0.2) is 11.8 Å². The van der Waals surface area contributed by atoms with Crippen LogP contribution in [0.4, 0.5) is 0 Å². The molecule has 0 spiro atoms. The summed E-state index contributed by atoms with van der Waals surface area (Å²) in [4.78, 5) is 18.7. The summed E-state index contributed by atoms with van der Waals surface area (Å²) in [6.45, 7) is 3.68. The van der Waals surface area contributed by atoms with Gasteiger partial charge in [0.2, 0.25) is 0 Å². The van der Waals surface area contributed by atoms with Gasteiger partial charge in [-0.2, -0.15) is 13.7 Å². The third-order valence-electron chi connectivity index (χ3n) is 3.66. The topological polar surface area (TPSA) is 161 Å². The van der Waals surface area contributed by atoms with E-state index in [1.54, 1.807) is 18.2 Å². The largest absolute Gasteiger partial charge is 0.370 e. The van der Waals surface area contributed by atoms with Crippen molar-refractivity contribution < 1.29 is 17.8 Å². The molecule has 0 bridgehead atoms. The Kier molecular flexibility index (Phi) is 5.44. The van der Waals surface area contributed by atoms with Gasteiger partial charge in [0.25, 0.3) is 16.0 Å². The molecule has 1 aromatic carbocycles. The molecule has 1 amide bonds. The molecule has 136 valence electrons. The number of aryl methyl sites for hydroxylation is 1. The molecular formula is C16H17N5O4S. The lowest BCUT2D eigenvalue weighted by atomic mass is 10.0.